The maximum atomic E-state index is 12.4. The van der Waals surface area contributed by atoms with Crippen LogP contribution in [0.5, 0.6) is 0 Å². The summed E-state index contributed by atoms with van der Waals surface area (Å²) in [5.74, 6) is 1.02. The van der Waals surface area contributed by atoms with Crippen molar-refractivity contribution in [1.29, 1.82) is 0 Å². The average Bonchev–Trinajstić information content (AvgIpc) is 3.30. The number of carbonyl (C=O) groups is 1. The molecule has 0 bridgehead atoms. The van der Waals surface area contributed by atoms with Crippen LogP contribution >= 0.6 is 0 Å². The molecule has 0 unspecified atom stereocenters. The number of benzene rings is 1. The maximum absolute atomic E-state index is 12.4. The first-order valence-electron chi connectivity index (χ1n) is 8.28. The van der Waals surface area contributed by atoms with Gasteiger partial charge in [-0.1, -0.05) is 36.4 Å². The Kier molecular flexibility index (Phi) is 4.11. The molecule has 0 radical (unpaired) electrons. The molecule has 4 aromatic rings. The number of aryl methyl sites for hydroxylation is 1. The van der Waals surface area contributed by atoms with Gasteiger partial charge in [0.05, 0.1) is 6.26 Å². The molecule has 0 aliphatic carbocycles. The highest BCUT2D eigenvalue weighted by Gasteiger charge is 2.16. The number of hydrogen-bond donors (Lipinski definition) is 1. The van der Waals surface area contributed by atoms with Crippen LogP contribution in [0.15, 0.2) is 77.6 Å². The van der Waals surface area contributed by atoms with Gasteiger partial charge < -0.3 is 9.73 Å². The smallest absolute Gasteiger partial charge is 0.249 e. The highest BCUT2D eigenvalue weighted by atomic mass is 16.3. The van der Waals surface area contributed by atoms with Gasteiger partial charge in [-0.3, -0.25) is 9.20 Å². The highest BCUT2D eigenvalue weighted by Crippen LogP contribution is 2.29. The molecule has 0 saturated heterocycles. The van der Waals surface area contributed by atoms with E-state index in [1.54, 1.807) is 24.5 Å². The third-order valence-corrected chi connectivity index (χ3v) is 4.08. The Labute approximate surface area is 150 Å². The molecule has 1 amide bonds. The van der Waals surface area contributed by atoms with Gasteiger partial charge in [0.15, 0.2) is 0 Å². The highest BCUT2D eigenvalue weighted by molar-refractivity contribution is 6.03. The molecule has 0 fully saturated rings. The lowest BCUT2D eigenvalue weighted by molar-refractivity contribution is -0.111. The van der Waals surface area contributed by atoms with E-state index >= 15 is 0 Å². The van der Waals surface area contributed by atoms with Crippen LogP contribution in [0.1, 0.15) is 11.3 Å². The van der Waals surface area contributed by atoms with Gasteiger partial charge in [-0.2, -0.15) is 0 Å². The van der Waals surface area contributed by atoms with E-state index in [0.717, 1.165) is 22.5 Å². The summed E-state index contributed by atoms with van der Waals surface area (Å²) < 4.78 is 7.11. The van der Waals surface area contributed by atoms with E-state index < -0.39 is 0 Å². The quantitative estimate of drug-likeness (QED) is 0.553. The summed E-state index contributed by atoms with van der Waals surface area (Å²) in [6.45, 7) is 2.00. The lowest BCUT2D eigenvalue weighted by Gasteiger charge is -2.06. The minimum absolute atomic E-state index is 0.248. The van der Waals surface area contributed by atoms with Crippen molar-refractivity contribution in [3.8, 4) is 11.3 Å². The fourth-order valence-electron chi connectivity index (χ4n) is 2.82. The number of nitrogens with one attached hydrogen (secondary N) is 1. The number of nitrogens with zero attached hydrogens (tertiary/aromatic N) is 2. The summed E-state index contributed by atoms with van der Waals surface area (Å²) >= 11 is 0. The van der Waals surface area contributed by atoms with Crippen LogP contribution in [0.4, 0.5) is 5.82 Å². The molecule has 4 rings (SSSR count). The summed E-state index contributed by atoms with van der Waals surface area (Å²) in [6, 6.07) is 17.3. The van der Waals surface area contributed by atoms with Crippen molar-refractivity contribution in [2.24, 2.45) is 0 Å². The second-order valence-corrected chi connectivity index (χ2v) is 5.90. The predicted octanol–water partition coefficient (Wildman–Crippen LogP) is 4.55. The van der Waals surface area contributed by atoms with Gasteiger partial charge in [0.2, 0.25) is 5.91 Å². The van der Waals surface area contributed by atoms with Crippen molar-refractivity contribution in [1.82, 2.24) is 9.38 Å². The van der Waals surface area contributed by atoms with Gasteiger partial charge >= 0.3 is 0 Å². The molecule has 5 heteroatoms. The molecule has 0 aliphatic heterocycles. The molecule has 128 valence electrons. The van der Waals surface area contributed by atoms with Crippen LogP contribution in [-0.2, 0) is 4.79 Å². The molecule has 0 atom stereocenters. The first-order valence-corrected chi connectivity index (χ1v) is 8.28. The van der Waals surface area contributed by atoms with E-state index in [2.05, 4.69) is 5.32 Å². The lowest BCUT2D eigenvalue weighted by Crippen LogP contribution is -2.10. The number of imidazole rings is 1. The Morgan fingerprint density at radius 2 is 1.96 bits per heavy atom. The minimum atomic E-state index is -0.248. The van der Waals surface area contributed by atoms with Crippen molar-refractivity contribution in [3.63, 3.8) is 0 Å². The standard InChI is InChI=1S/C21H17N3O2/c1-15-7-5-13-24-20(15)23-19(16-8-3-2-4-9-16)21(24)22-18(25)12-11-17-10-6-14-26-17/h2-14H,1H3,(H,22,25). The molecule has 3 heterocycles. The van der Waals surface area contributed by atoms with E-state index in [9.17, 15) is 4.79 Å². The molecule has 1 aromatic carbocycles. The number of pyridine rings is 1. The molecule has 0 aliphatic rings. The summed E-state index contributed by atoms with van der Waals surface area (Å²) in [7, 11) is 0. The number of rotatable bonds is 4. The molecule has 0 saturated carbocycles. The number of hydrogen-bond acceptors (Lipinski definition) is 3. The van der Waals surface area contributed by atoms with E-state index in [1.807, 2.05) is 60.0 Å². The Morgan fingerprint density at radius 1 is 1.12 bits per heavy atom. The normalized spacial score (nSPS) is 11.3. The van der Waals surface area contributed by atoms with Crippen molar-refractivity contribution in [2.45, 2.75) is 6.92 Å². The van der Waals surface area contributed by atoms with Gasteiger partial charge in [-0.25, -0.2) is 4.98 Å². The van der Waals surface area contributed by atoms with Crippen LogP contribution in [0.25, 0.3) is 23.0 Å². The molecule has 5 nitrogen and oxygen atoms in total. The molecule has 26 heavy (non-hydrogen) atoms. The fourth-order valence-corrected chi connectivity index (χ4v) is 2.82. The third-order valence-electron chi connectivity index (χ3n) is 4.08. The lowest BCUT2D eigenvalue weighted by atomic mass is 10.1. The van der Waals surface area contributed by atoms with E-state index in [0.29, 0.717) is 11.6 Å². The summed E-state index contributed by atoms with van der Waals surface area (Å²) in [5.41, 5.74) is 3.54. The van der Waals surface area contributed by atoms with Crippen LogP contribution in [0, 0.1) is 6.92 Å². The summed E-state index contributed by atoms with van der Waals surface area (Å²) in [6.07, 6.45) is 6.54. The van der Waals surface area contributed by atoms with E-state index in [4.69, 9.17) is 9.40 Å². The zero-order valence-electron chi connectivity index (χ0n) is 14.2. The number of aromatic nitrogens is 2. The van der Waals surface area contributed by atoms with E-state index in [-0.39, 0.29) is 5.91 Å². The van der Waals surface area contributed by atoms with Gasteiger partial charge in [0.25, 0.3) is 0 Å². The number of furan rings is 1. The van der Waals surface area contributed by atoms with Crippen molar-refractivity contribution in [3.05, 3.63) is 84.5 Å². The number of fused-ring (bicyclic) bond motifs is 1. The first-order chi connectivity index (χ1) is 12.7. The zero-order valence-corrected chi connectivity index (χ0v) is 14.2. The van der Waals surface area contributed by atoms with Crippen molar-refractivity contribution < 1.29 is 9.21 Å². The second-order valence-electron chi connectivity index (χ2n) is 5.90. The predicted molar refractivity (Wildman–Crippen MR) is 102 cm³/mol. The molecule has 0 spiro atoms. The minimum Gasteiger partial charge on any atom is -0.465 e. The maximum Gasteiger partial charge on any atom is 0.249 e. The Balaban J connectivity index is 1.75. The number of carbonyl (C=O) groups excluding carboxylic acids is 1. The van der Waals surface area contributed by atoms with E-state index in [1.165, 1.54) is 6.08 Å². The molecule has 3 aromatic heterocycles. The second kappa shape index (κ2) is 6.72. The third kappa shape index (κ3) is 3.02. The molecular weight excluding hydrogens is 326 g/mol. The number of anilines is 1. The van der Waals surface area contributed by atoms with Gasteiger partial charge in [0, 0.05) is 17.8 Å². The zero-order chi connectivity index (χ0) is 17.9. The topological polar surface area (TPSA) is 59.5 Å². The van der Waals surface area contributed by atoms with Gasteiger partial charge in [0.1, 0.15) is 22.9 Å². The molecular formula is C21H17N3O2. The monoisotopic (exact) mass is 343 g/mol. The SMILES string of the molecule is Cc1cccn2c(NC(=O)C=Cc3ccco3)c(-c3ccccc3)nc12. The van der Waals surface area contributed by atoms with Crippen LogP contribution < -0.4 is 5.32 Å². The van der Waals surface area contributed by atoms with Gasteiger partial charge in [-0.15, -0.1) is 0 Å². The largest absolute Gasteiger partial charge is 0.465 e. The fraction of sp³-hybridized carbons (Fsp3) is 0.0476. The Hall–Kier alpha value is -3.60. The van der Waals surface area contributed by atoms with Crippen LogP contribution in [0.2, 0.25) is 0 Å². The first kappa shape index (κ1) is 15.9. The molecule has 1 N–H and O–H groups in total. The van der Waals surface area contributed by atoms with Crippen molar-refractivity contribution >= 4 is 23.4 Å². The summed E-state index contributed by atoms with van der Waals surface area (Å²) in [5, 5.41) is 2.95. The van der Waals surface area contributed by atoms with Crippen LogP contribution in [0.3, 0.4) is 0 Å². The summed E-state index contributed by atoms with van der Waals surface area (Å²) in [4.78, 5) is 17.2. The van der Waals surface area contributed by atoms with Crippen LogP contribution in [-0.4, -0.2) is 15.3 Å². The average molecular weight is 343 g/mol. The Morgan fingerprint density at radius 3 is 2.73 bits per heavy atom. The Bertz CT molecular complexity index is 1080. The van der Waals surface area contributed by atoms with Gasteiger partial charge in [-0.05, 0) is 36.8 Å². The van der Waals surface area contributed by atoms with Crippen molar-refractivity contribution in [2.75, 3.05) is 5.32 Å². The number of amides is 1.